The normalized spacial score (nSPS) is 17.4. The van der Waals surface area contributed by atoms with Crippen molar-refractivity contribution in [3.8, 4) is 11.5 Å². The quantitative estimate of drug-likeness (QED) is 0.346. The molecule has 6 rings (SSSR count). The zero-order valence-electron chi connectivity index (χ0n) is 22.2. The van der Waals surface area contributed by atoms with Crippen LogP contribution in [-0.2, 0) is 17.8 Å². The van der Waals surface area contributed by atoms with E-state index in [2.05, 4.69) is 75.0 Å². The van der Waals surface area contributed by atoms with Crippen molar-refractivity contribution in [1.29, 1.82) is 0 Å². The lowest BCUT2D eigenvalue weighted by Gasteiger charge is -2.38. The molecule has 0 bridgehead atoms. The number of aromatic nitrogens is 1. The molecule has 3 aromatic carbocycles. The molecule has 2 heterocycles. The summed E-state index contributed by atoms with van der Waals surface area (Å²) in [6.07, 6.45) is 2.85. The van der Waals surface area contributed by atoms with Crippen molar-refractivity contribution in [2.24, 2.45) is 0 Å². The van der Waals surface area contributed by atoms with E-state index in [1.807, 2.05) is 12.1 Å². The van der Waals surface area contributed by atoms with Gasteiger partial charge in [0.05, 0.1) is 25.7 Å². The van der Waals surface area contributed by atoms with E-state index in [1.54, 1.807) is 14.2 Å². The van der Waals surface area contributed by atoms with E-state index in [-0.39, 0.29) is 11.8 Å². The first-order valence-electron chi connectivity index (χ1n) is 13.6. The molecule has 6 heteroatoms. The van der Waals surface area contributed by atoms with Gasteiger partial charge in [-0.25, -0.2) is 0 Å². The van der Waals surface area contributed by atoms with Gasteiger partial charge in [0.25, 0.3) is 0 Å². The van der Waals surface area contributed by atoms with Crippen LogP contribution in [0.15, 0.2) is 72.8 Å². The lowest BCUT2D eigenvalue weighted by atomic mass is 9.84. The maximum absolute atomic E-state index is 14.1. The van der Waals surface area contributed by atoms with Crippen molar-refractivity contribution >= 4 is 22.5 Å². The topological polar surface area (TPSA) is 46.9 Å². The molecule has 1 fully saturated rings. The van der Waals surface area contributed by atoms with Crippen LogP contribution in [0.3, 0.4) is 0 Å². The molecule has 0 radical (unpaired) electrons. The fourth-order valence-electron chi connectivity index (χ4n) is 6.27. The van der Waals surface area contributed by atoms with Gasteiger partial charge in [-0.3, -0.25) is 4.79 Å². The Kier molecular flexibility index (Phi) is 6.71. The predicted octanol–water partition coefficient (Wildman–Crippen LogP) is 5.48. The van der Waals surface area contributed by atoms with Crippen LogP contribution in [-0.4, -0.2) is 55.8 Å². The Morgan fingerprint density at radius 2 is 1.53 bits per heavy atom. The molecule has 1 aromatic heterocycles. The number of methoxy groups -OCH3 is 2. The second kappa shape index (κ2) is 10.4. The van der Waals surface area contributed by atoms with Gasteiger partial charge < -0.3 is 23.8 Å². The number of amides is 1. The average Bonchev–Trinajstić information content (AvgIpc) is 3.29. The van der Waals surface area contributed by atoms with Gasteiger partial charge in [-0.05, 0) is 48.6 Å². The highest BCUT2D eigenvalue weighted by Crippen LogP contribution is 2.44. The number of hydrogen-bond acceptors (Lipinski definition) is 4. The van der Waals surface area contributed by atoms with Crippen molar-refractivity contribution in [2.45, 2.75) is 31.7 Å². The maximum Gasteiger partial charge on any atom is 0.230 e. The van der Waals surface area contributed by atoms with Gasteiger partial charge in [-0.2, -0.15) is 0 Å². The molecule has 1 amide bonds. The fraction of sp³-hybridized carbons (Fsp3) is 0.344. The lowest BCUT2D eigenvalue weighted by molar-refractivity contribution is -0.133. The van der Waals surface area contributed by atoms with Gasteiger partial charge in [0, 0.05) is 55.6 Å². The Morgan fingerprint density at radius 1 is 0.868 bits per heavy atom. The van der Waals surface area contributed by atoms with E-state index in [1.165, 1.54) is 22.5 Å². The first-order valence-corrected chi connectivity index (χ1v) is 13.6. The van der Waals surface area contributed by atoms with Crippen molar-refractivity contribution in [3.63, 3.8) is 0 Å². The third-order valence-electron chi connectivity index (χ3n) is 8.17. The summed E-state index contributed by atoms with van der Waals surface area (Å²) in [6.45, 7) is 3.98. The number of piperazine rings is 1. The van der Waals surface area contributed by atoms with Crippen molar-refractivity contribution < 1.29 is 14.3 Å². The SMILES string of the molecule is COc1cc2c3c(n(Cc4ccccc4)c2cc1OC)CCCC3C(=O)N1CCN(c2ccccc2)CC1. The Labute approximate surface area is 224 Å². The van der Waals surface area contributed by atoms with Gasteiger partial charge in [-0.15, -0.1) is 0 Å². The van der Waals surface area contributed by atoms with Crippen molar-refractivity contribution in [1.82, 2.24) is 9.47 Å². The second-order valence-electron chi connectivity index (χ2n) is 10.2. The summed E-state index contributed by atoms with van der Waals surface area (Å²) in [5.41, 5.74) is 6.02. The number of nitrogens with zero attached hydrogens (tertiary/aromatic N) is 3. The van der Waals surface area contributed by atoms with Gasteiger partial charge in [-0.1, -0.05) is 48.5 Å². The molecule has 1 aliphatic carbocycles. The molecule has 0 spiro atoms. The zero-order valence-corrected chi connectivity index (χ0v) is 22.2. The van der Waals surface area contributed by atoms with Crippen LogP contribution in [0.25, 0.3) is 10.9 Å². The van der Waals surface area contributed by atoms with Crippen LogP contribution in [0.1, 0.15) is 35.6 Å². The van der Waals surface area contributed by atoms with Crippen LogP contribution >= 0.6 is 0 Å². The average molecular weight is 510 g/mol. The summed E-state index contributed by atoms with van der Waals surface area (Å²) in [6, 6.07) is 25.2. The molecule has 1 saturated heterocycles. The number of fused-ring (bicyclic) bond motifs is 3. The lowest BCUT2D eigenvalue weighted by Crippen LogP contribution is -2.50. The van der Waals surface area contributed by atoms with Crippen LogP contribution in [0.5, 0.6) is 11.5 Å². The fourth-order valence-corrected chi connectivity index (χ4v) is 6.27. The number of benzene rings is 3. The zero-order chi connectivity index (χ0) is 26.1. The first-order chi connectivity index (χ1) is 18.7. The minimum absolute atomic E-state index is 0.139. The number of hydrogen-bond donors (Lipinski definition) is 0. The Hall–Kier alpha value is -3.93. The summed E-state index contributed by atoms with van der Waals surface area (Å²) in [7, 11) is 3.35. The third kappa shape index (κ3) is 4.38. The summed E-state index contributed by atoms with van der Waals surface area (Å²) in [4.78, 5) is 18.5. The number of carbonyl (C=O) groups excluding carboxylic acids is 1. The molecule has 4 aromatic rings. The van der Waals surface area contributed by atoms with Gasteiger partial charge in [0.2, 0.25) is 5.91 Å². The van der Waals surface area contributed by atoms with Gasteiger partial charge >= 0.3 is 0 Å². The molecule has 0 saturated carbocycles. The molecule has 196 valence electrons. The van der Waals surface area contributed by atoms with Gasteiger partial charge in [0.1, 0.15) is 0 Å². The Bertz CT molecular complexity index is 1420. The predicted molar refractivity (Wildman–Crippen MR) is 151 cm³/mol. The van der Waals surface area contributed by atoms with Crippen molar-refractivity contribution in [3.05, 3.63) is 89.6 Å². The maximum atomic E-state index is 14.1. The van der Waals surface area contributed by atoms with E-state index >= 15 is 0 Å². The Morgan fingerprint density at radius 3 is 2.21 bits per heavy atom. The highest BCUT2D eigenvalue weighted by Gasteiger charge is 2.36. The molecular formula is C32H35N3O3. The molecule has 0 N–H and O–H groups in total. The monoisotopic (exact) mass is 509 g/mol. The number of rotatable bonds is 6. The molecule has 1 unspecified atom stereocenters. The molecule has 1 aliphatic heterocycles. The summed E-state index contributed by atoms with van der Waals surface area (Å²) in [5.74, 6) is 1.53. The Balaban J connectivity index is 1.36. The van der Waals surface area contributed by atoms with E-state index in [0.717, 1.165) is 62.9 Å². The summed E-state index contributed by atoms with van der Waals surface area (Å²) < 4.78 is 13.8. The molecule has 2 aliphatic rings. The van der Waals surface area contributed by atoms with Crippen molar-refractivity contribution in [2.75, 3.05) is 45.3 Å². The molecular weight excluding hydrogens is 474 g/mol. The number of carbonyl (C=O) groups is 1. The first kappa shape index (κ1) is 24.4. The number of para-hydroxylation sites is 1. The number of ether oxygens (including phenoxy) is 2. The summed E-state index contributed by atoms with van der Waals surface area (Å²) in [5, 5.41) is 1.11. The summed E-state index contributed by atoms with van der Waals surface area (Å²) >= 11 is 0. The molecule has 6 nitrogen and oxygen atoms in total. The highest BCUT2D eigenvalue weighted by molar-refractivity contribution is 5.96. The third-order valence-corrected chi connectivity index (χ3v) is 8.17. The smallest absolute Gasteiger partial charge is 0.230 e. The van der Waals surface area contributed by atoms with E-state index in [4.69, 9.17) is 9.47 Å². The number of anilines is 1. The van der Waals surface area contributed by atoms with Crippen LogP contribution < -0.4 is 14.4 Å². The van der Waals surface area contributed by atoms with Gasteiger partial charge in [0.15, 0.2) is 11.5 Å². The molecule has 38 heavy (non-hydrogen) atoms. The van der Waals surface area contributed by atoms with Crippen LogP contribution in [0.2, 0.25) is 0 Å². The second-order valence-corrected chi connectivity index (χ2v) is 10.2. The van der Waals surface area contributed by atoms with E-state index in [0.29, 0.717) is 11.5 Å². The minimum atomic E-state index is -0.139. The van der Waals surface area contributed by atoms with E-state index < -0.39 is 0 Å². The largest absolute Gasteiger partial charge is 0.493 e. The van der Waals surface area contributed by atoms with Crippen LogP contribution in [0.4, 0.5) is 5.69 Å². The molecule has 1 atom stereocenters. The van der Waals surface area contributed by atoms with Crippen LogP contribution in [0, 0.1) is 0 Å². The van der Waals surface area contributed by atoms with E-state index in [9.17, 15) is 4.79 Å². The highest BCUT2D eigenvalue weighted by atomic mass is 16.5. The minimum Gasteiger partial charge on any atom is -0.493 e. The standard InChI is InChI=1S/C32H35N3O3/c1-37-29-20-26-28(21-30(29)38-2)35(22-23-10-5-3-6-11-23)27-15-9-14-25(31(26)27)32(36)34-18-16-33(17-19-34)24-12-7-4-8-13-24/h3-8,10-13,20-21,25H,9,14-19,22H2,1-2H3.